The molecule has 0 aliphatic rings. The van der Waals surface area contributed by atoms with Crippen LogP contribution in [0.3, 0.4) is 0 Å². The van der Waals surface area contributed by atoms with Gasteiger partial charge in [0.2, 0.25) is 0 Å². The summed E-state index contributed by atoms with van der Waals surface area (Å²) in [6, 6.07) is 11.1. The minimum absolute atomic E-state index is 0.115. The second-order valence-electron chi connectivity index (χ2n) is 5.46. The highest BCUT2D eigenvalue weighted by Crippen LogP contribution is 2.22. The zero-order valence-electron chi connectivity index (χ0n) is 14.8. The van der Waals surface area contributed by atoms with Gasteiger partial charge in [-0.05, 0) is 43.7 Å². The fourth-order valence-electron chi connectivity index (χ4n) is 2.25. The summed E-state index contributed by atoms with van der Waals surface area (Å²) in [6.07, 6.45) is 1.50. The maximum Gasteiger partial charge on any atom is 0.277 e. The van der Waals surface area contributed by atoms with E-state index in [1.54, 1.807) is 32.4 Å². The van der Waals surface area contributed by atoms with Crippen LogP contribution in [-0.2, 0) is 4.79 Å². The smallest absolute Gasteiger partial charge is 0.277 e. The minimum atomic E-state index is -0.349. The van der Waals surface area contributed by atoms with Gasteiger partial charge in [-0.25, -0.2) is 5.43 Å². The number of nitrogens with one attached hydrogen (secondary N) is 1. The van der Waals surface area contributed by atoms with Crippen molar-refractivity contribution in [2.24, 2.45) is 5.10 Å². The Bertz CT molecular complexity index is 772. The molecule has 0 aromatic heterocycles. The van der Waals surface area contributed by atoms with E-state index in [1.165, 1.54) is 6.21 Å². The van der Waals surface area contributed by atoms with Crippen molar-refractivity contribution in [3.05, 3.63) is 53.1 Å². The van der Waals surface area contributed by atoms with Crippen LogP contribution in [0.4, 0.5) is 0 Å². The number of rotatable bonds is 7. The molecule has 0 bridgehead atoms. The number of ether oxygens (including phenoxy) is 3. The van der Waals surface area contributed by atoms with Gasteiger partial charge in [0, 0.05) is 5.56 Å². The van der Waals surface area contributed by atoms with Crippen LogP contribution in [-0.4, -0.2) is 32.9 Å². The normalized spacial score (nSPS) is 10.6. The molecule has 0 radical (unpaired) electrons. The molecule has 0 saturated heterocycles. The Kier molecular flexibility index (Phi) is 6.39. The van der Waals surface area contributed by atoms with E-state index in [1.807, 2.05) is 32.0 Å². The minimum Gasteiger partial charge on any atom is -0.497 e. The predicted octanol–water partition coefficient (Wildman–Crippen LogP) is 2.85. The molecule has 0 atom stereocenters. The van der Waals surface area contributed by atoms with Gasteiger partial charge in [-0.3, -0.25) is 4.79 Å². The highest BCUT2D eigenvalue weighted by Gasteiger charge is 2.05. The summed E-state index contributed by atoms with van der Waals surface area (Å²) in [5, 5.41) is 3.93. The fraction of sp³-hybridized carbons (Fsp3) is 0.263. The Balaban J connectivity index is 1.92. The van der Waals surface area contributed by atoms with Gasteiger partial charge in [-0.15, -0.1) is 0 Å². The summed E-state index contributed by atoms with van der Waals surface area (Å²) in [4.78, 5) is 11.9. The van der Waals surface area contributed by atoms with Crippen LogP contribution in [0.2, 0.25) is 0 Å². The Labute approximate surface area is 147 Å². The first-order valence-electron chi connectivity index (χ1n) is 7.77. The molecule has 2 aromatic rings. The first kappa shape index (κ1) is 18.3. The summed E-state index contributed by atoms with van der Waals surface area (Å²) >= 11 is 0. The molecule has 0 heterocycles. The standard InChI is InChI=1S/C19H22N2O4/c1-13-5-7-17(14(2)9-13)25-12-19(22)21-20-11-15-10-16(23-3)6-8-18(15)24-4/h5-11H,12H2,1-4H3,(H,21,22)/b20-11+. The Morgan fingerprint density at radius 2 is 1.84 bits per heavy atom. The van der Waals surface area contributed by atoms with E-state index >= 15 is 0 Å². The lowest BCUT2D eigenvalue weighted by Crippen LogP contribution is -2.24. The monoisotopic (exact) mass is 342 g/mol. The number of carbonyl (C=O) groups excluding carboxylic acids is 1. The molecule has 6 nitrogen and oxygen atoms in total. The molecule has 6 heteroatoms. The highest BCUT2D eigenvalue weighted by atomic mass is 16.5. The van der Waals surface area contributed by atoms with Gasteiger partial charge < -0.3 is 14.2 Å². The number of amides is 1. The average molecular weight is 342 g/mol. The second-order valence-corrected chi connectivity index (χ2v) is 5.46. The van der Waals surface area contributed by atoms with Crippen LogP contribution in [0, 0.1) is 13.8 Å². The second kappa shape index (κ2) is 8.73. The van der Waals surface area contributed by atoms with Crippen molar-refractivity contribution in [3.8, 4) is 17.2 Å². The molecule has 0 unspecified atom stereocenters. The molecule has 0 saturated carbocycles. The number of benzene rings is 2. The molecule has 0 spiro atoms. The fourth-order valence-corrected chi connectivity index (χ4v) is 2.25. The number of nitrogens with zero attached hydrogens (tertiary/aromatic N) is 1. The largest absolute Gasteiger partial charge is 0.497 e. The van der Waals surface area contributed by atoms with Crippen molar-refractivity contribution in [3.63, 3.8) is 0 Å². The van der Waals surface area contributed by atoms with Crippen molar-refractivity contribution < 1.29 is 19.0 Å². The van der Waals surface area contributed by atoms with E-state index in [9.17, 15) is 4.79 Å². The summed E-state index contributed by atoms with van der Waals surface area (Å²) in [5.74, 6) is 1.63. The molecule has 2 rings (SSSR count). The maximum atomic E-state index is 11.9. The number of aryl methyl sites for hydroxylation is 2. The van der Waals surface area contributed by atoms with Gasteiger partial charge in [0.1, 0.15) is 17.2 Å². The summed E-state index contributed by atoms with van der Waals surface area (Å²) in [6.45, 7) is 3.83. The lowest BCUT2D eigenvalue weighted by molar-refractivity contribution is -0.123. The summed E-state index contributed by atoms with van der Waals surface area (Å²) in [7, 11) is 3.14. The molecule has 2 aromatic carbocycles. The Hall–Kier alpha value is -3.02. The maximum absolute atomic E-state index is 11.9. The number of hydrazone groups is 1. The molecule has 25 heavy (non-hydrogen) atoms. The first-order chi connectivity index (χ1) is 12.0. The SMILES string of the molecule is COc1ccc(OC)c(/C=N/NC(=O)COc2ccc(C)cc2C)c1. The van der Waals surface area contributed by atoms with E-state index < -0.39 is 0 Å². The van der Waals surface area contributed by atoms with E-state index in [-0.39, 0.29) is 12.5 Å². The third-order valence-corrected chi connectivity index (χ3v) is 3.52. The number of hydrogen-bond acceptors (Lipinski definition) is 5. The topological polar surface area (TPSA) is 69.2 Å². The van der Waals surface area contributed by atoms with Gasteiger partial charge in [0.15, 0.2) is 6.61 Å². The Morgan fingerprint density at radius 3 is 2.52 bits per heavy atom. The van der Waals surface area contributed by atoms with Crippen LogP contribution < -0.4 is 19.6 Å². The number of hydrogen-bond donors (Lipinski definition) is 1. The summed E-state index contributed by atoms with van der Waals surface area (Å²) in [5.41, 5.74) is 5.25. The quantitative estimate of drug-likeness (QED) is 0.620. The zero-order valence-corrected chi connectivity index (χ0v) is 14.8. The van der Waals surface area contributed by atoms with Crippen molar-refractivity contribution in [1.29, 1.82) is 0 Å². The van der Waals surface area contributed by atoms with E-state index in [0.717, 1.165) is 11.1 Å². The van der Waals surface area contributed by atoms with E-state index in [0.29, 0.717) is 22.8 Å². The van der Waals surface area contributed by atoms with Gasteiger partial charge in [0.25, 0.3) is 5.91 Å². The molecule has 1 amide bonds. The Morgan fingerprint density at radius 1 is 1.08 bits per heavy atom. The third kappa shape index (κ3) is 5.24. The molecule has 1 N–H and O–H groups in total. The highest BCUT2D eigenvalue weighted by molar-refractivity contribution is 5.86. The van der Waals surface area contributed by atoms with E-state index in [4.69, 9.17) is 14.2 Å². The first-order valence-corrected chi connectivity index (χ1v) is 7.77. The summed E-state index contributed by atoms with van der Waals surface area (Å²) < 4.78 is 15.9. The molecular formula is C19H22N2O4. The molecule has 0 aliphatic carbocycles. The lowest BCUT2D eigenvalue weighted by atomic mass is 10.1. The third-order valence-electron chi connectivity index (χ3n) is 3.52. The van der Waals surface area contributed by atoms with Crippen LogP contribution in [0.25, 0.3) is 0 Å². The van der Waals surface area contributed by atoms with Gasteiger partial charge in [-0.1, -0.05) is 17.7 Å². The zero-order chi connectivity index (χ0) is 18.2. The van der Waals surface area contributed by atoms with E-state index in [2.05, 4.69) is 10.5 Å². The van der Waals surface area contributed by atoms with Crippen LogP contribution in [0.15, 0.2) is 41.5 Å². The van der Waals surface area contributed by atoms with Crippen molar-refractivity contribution in [1.82, 2.24) is 5.43 Å². The number of carbonyl (C=O) groups is 1. The van der Waals surface area contributed by atoms with Crippen LogP contribution >= 0.6 is 0 Å². The average Bonchev–Trinajstić information content (AvgIpc) is 2.60. The van der Waals surface area contributed by atoms with Crippen molar-refractivity contribution in [2.75, 3.05) is 20.8 Å². The van der Waals surface area contributed by atoms with Gasteiger partial charge in [0.05, 0.1) is 20.4 Å². The van der Waals surface area contributed by atoms with Crippen molar-refractivity contribution >= 4 is 12.1 Å². The molecule has 0 aliphatic heterocycles. The molecule has 0 fully saturated rings. The number of methoxy groups -OCH3 is 2. The molecule has 132 valence electrons. The van der Waals surface area contributed by atoms with Crippen LogP contribution in [0.1, 0.15) is 16.7 Å². The van der Waals surface area contributed by atoms with Gasteiger partial charge >= 0.3 is 0 Å². The van der Waals surface area contributed by atoms with Gasteiger partial charge in [-0.2, -0.15) is 5.10 Å². The lowest BCUT2D eigenvalue weighted by Gasteiger charge is -2.09. The van der Waals surface area contributed by atoms with Crippen LogP contribution in [0.5, 0.6) is 17.2 Å². The molecular weight excluding hydrogens is 320 g/mol. The van der Waals surface area contributed by atoms with Crippen molar-refractivity contribution in [2.45, 2.75) is 13.8 Å². The predicted molar refractivity (Wildman–Crippen MR) is 96.7 cm³/mol.